The first-order chi connectivity index (χ1) is 13.2. The van der Waals surface area contributed by atoms with Crippen LogP contribution in [0.25, 0.3) is 11.2 Å². The van der Waals surface area contributed by atoms with Crippen molar-refractivity contribution in [3.63, 3.8) is 0 Å². The number of nitrogens with zero attached hydrogens (tertiary/aromatic N) is 4. The van der Waals surface area contributed by atoms with E-state index in [1.54, 1.807) is 54.9 Å². The summed E-state index contributed by atoms with van der Waals surface area (Å²) >= 11 is 0. The van der Waals surface area contributed by atoms with Gasteiger partial charge in [-0.05, 0) is 36.4 Å². The Balaban J connectivity index is 1.57. The fourth-order valence-electron chi connectivity index (χ4n) is 2.50. The lowest BCUT2D eigenvalue weighted by atomic mass is 10.2. The summed E-state index contributed by atoms with van der Waals surface area (Å²) in [7, 11) is 0. The average Bonchev–Trinajstić information content (AvgIpc) is 2.70. The van der Waals surface area contributed by atoms with E-state index in [4.69, 9.17) is 10.00 Å². The minimum atomic E-state index is -0.562. The second kappa shape index (κ2) is 7.06. The molecule has 130 valence electrons. The molecule has 6 nitrogen and oxygen atoms in total. The van der Waals surface area contributed by atoms with Crippen LogP contribution < -0.4 is 10.1 Å². The lowest BCUT2D eigenvalue weighted by Gasteiger charge is -2.10. The zero-order chi connectivity index (χ0) is 18.6. The normalized spacial score (nSPS) is 10.4. The first-order valence-electron chi connectivity index (χ1n) is 8.04. The van der Waals surface area contributed by atoms with Gasteiger partial charge in [0.05, 0.1) is 5.56 Å². The van der Waals surface area contributed by atoms with Crippen LogP contribution in [0.1, 0.15) is 5.56 Å². The molecule has 0 aliphatic carbocycles. The van der Waals surface area contributed by atoms with Gasteiger partial charge in [-0.3, -0.25) is 4.98 Å². The van der Waals surface area contributed by atoms with Crippen LogP contribution in [-0.2, 0) is 0 Å². The van der Waals surface area contributed by atoms with E-state index >= 15 is 0 Å². The summed E-state index contributed by atoms with van der Waals surface area (Å²) in [6.45, 7) is 0. The molecule has 27 heavy (non-hydrogen) atoms. The van der Waals surface area contributed by atoms with Crippen LogP contribution in [0, 0.1) is 17.1 Å². The SMILES string of the molecule is N#Cc1ccccc1Oc1ccc(Nc2ccc3nccnc3n2)cc1F. The van der Waals surface area contributed by atoms with Crippen molar-refractivity contribution in [1.29, 1.82) is 5.26 Å². The summed E-state index contributed by atoms with van der Waals surface area (Å²) in [6.07, 6.45) is 3.15. The van der Waals surface area contributed by atoms with Crippen molar-refractivity contribution in [3.8, 4) is 17.6 Å². The van der Waals surface area contributed by atoms with E-state index in [2.05, 4.69) is 20.3 Å². The third kappa shape index (κ3) is 3.50. The first-order valence-corrected chi connectivity index (χ1v) is 8.04. The molecule has 2 aromatic carbocycles. The Kier molecular flexibility index (Phi) is 4.29. The molecule has 4 aromatic rings. The Morgan fingerprint density at radius 3 is 2.67 bits per heavy atom. The molecule has 4 rings (SSSR count). The van der Waals surface area contributed by atoms with Crippen LogP contribution in [0.15, 0.2) is 67.0 Å². The smallest absolute Gasteiger partial charge is 0.180 e. The van der Waals surface area contributed by atoms with Gasteiger partial charge in [-0.2, -0.15) is 5.26 Å². The largest absolute Gasteiger partial charge is 0.453 e. The Morgan fingerprint density at radius 2 is 1.81 bits per heavy atom. The van der Waals surface area contributed by atoms with E-state index in [9.17, 15) is 4.39 Å². The number of nitrogens with one attached hydrogen (secondary N) is 1. The van der Waals surface area contributed by atoms with E-state index in [1.807, 2.05) is 6.07 Å². The van der Waals surface area contributed by atoms with E-state index in [1.165, 1.54) is 12.1 Å². The monoisotopic (exact) mass is 357 g/mol. The summed E-state index contributed by atoms with van der Waals surface area (Å²) in [5.41, 5.74) is 2.01. The van der Waals surface area contributed by atoms with E-state index in [-0.39, 0.29) is 5.75 Å². The van der Waals surface area contributed by atoms with Crippen LogP contribution in [-0.4, -0.2) is 15.0 Å². The fraction of sp³-hybridized carbons (Fsp3) is 0. The highest BCUT2D eigenvalue weighted by Crippen LogP contribution is 2.29. The number of benzene rings is 2. The molecular formula is C20H12FN5O. The molecule has 1 N–H and O–H groups in total. The van der Waals surface area contributed by atoms with Crippen LogP contribution >= 0.6 is 0 Å². The molecule has 0 radical (unpaired) electrons. The van der Waals surface area contributed by atoms with Gasteiger partial charge in [0.2, 0.25) is 0 Å². The summed E-state index contributed by atoms with van der Waals surface area (Å²) in [5, 5.41) is 12.1. The highest BCUT2D eigenvalue weighted by molar-refractivity contribution is 5.73. The van der Waals surface area contributed by atoms with Gasteiger partial charge >= 0.3 is 0 Å². The maximum atomic E-state index is 14.4. The molecule has 0 aliphatic heterocycles. The van der Waals surface area contributed by atoms with Crippen molar-refractivity contribution < 1.29 is 9.13 Å². The number of aromatic nitrogens is 3. The van der Waals surface area contributed by atoms with Crippen LogP contribution in [0.3, 0.4) is 0 Å². The number of nitriles is 1. The minimum Gasteiger partial charge on any atom is -0.453 e. The van der Waals surface area contributed by atoms with Gasteiger partial charge in [0.25, 0.3) is 0 Å². The molecule has 0 saturated carbocycles. The molecule has 0 bridgehead atoms. The van der Waals surface area contributed by atoms with Crippen LogP contribution in [0.2, 0.25) is 0 Å². The highest BCUT2D eigenvalue weighted by Gasteiger charge is 2.10. The maximum Gasteiger partial charge on any atom is 0.180 e. The minimum absolute atomic E-state index is 0.0283. The van der Waals surface area contributed by atoms with Crippen molar-refractivity contribution in [3.05, 3.63) is 78.4 Å². The number of rotatable bonds is 4. The number of anilines is 2. The van der Waals surface area contributed by atoms with Gasteiger partial charge < -0.3 is 10.1 Å². The molecule has 0 aliphatic rings. The van der Waals surface area contributed by atoms with Crippen molar-refractivity contribution in [1.82, 2.24) is 15.0 Å². The summed E-state index contributed by atoms with van der Waals surface area (Å²) in [4.78, 5) is 12.6. The summed E-state index contributed by atoms with van der Waals surface area (Å²) in [6, 6.07) is 16.7. The van der Waals surface area contributed by atoms with Gasteiger partial charge in [0, 0.05) is 24.1 Å². The second-order valence-corrected chi connectivity index (χ2v) is 5.58. The number of hydrogen-bond donors (Lipinski definition) is 1. The number of hydrogen-bond acceptors (Lipinski definition) is 6. The Morgan fingerprint density at radius 1 is 0.963 bits per heavy atom. The first kappa shape index (κ1) is 16.4. The molecule has 0 amide bonds. The van der Waals surface area contributed by atoms with Crippen LogP contribution in [0.5, 0.6) is 11.5 Å². The topological polar surface area (TPSA) is 83.7 Å². The fourth-order valence-corrected chi connectivity index (χ4v) is 2.50. The standard InChI is InChI=1S/C20H12FN5O/c21-15-11-14(25-19-8-6-16-20(26-19)24-10-9-23-16)5-7-18(15)27-17-4-2-1-3-13(17)12-22/h1-11H,(H,24,25,26). The van der Waals surface area contributed by atoms with E-state index < -0.39 is 5.82 Å². The van der Waals surface area contributed by atoms with E-state index in [0.29, 0.717) is 34.0 Å². The molecule has 0 atom stereocenters. The van der Waals surface area contributed by atoms with Gasteiger partial charge in [-0.15, -0.1) is 0 Å². The molecule has 0 fully saturated rings. The van der Waals surface area contributed by atoms with Crippen molar-refractivity contribution >= 4 is 22.7 Å². The van der Waals surface area contributed by atoms with Gasteiger partial charge in [-0.25, -0.2) is 14.4 Å². The molecular weight excluding hydrogens is 345 g/mol. The quantitative estimate of drug-likeness (QED) is 0.576. The van der Waals surface area contributed by atoms with E-state index in [0.717, 1.165) is 0 Å². The van der Waals surface area contributed by atoms with Crippen LogP contribution in [0.4, 0.5) is 15.9 Å². The maximum absolute atomic E-state index is 14.4. The number of halogens is 1. The molecule has 7 heteroatoms. The molecule has 2 aromatic heterocycles. The third-order valence-electron chi connectivity index (χ3n) is 3.76. The average molecular weight is 357 g/mol. The predicted molar refractivity (Wildman–Crippen MR) is 98.2 cm³/mol. The number of para-hydroxylation sites is 1. The molecule has 0 unspecified atom stereocenters. The molecule has 0 saturated heterocycles. The second-order valence-electron chi connectivity index (χ2n) is 5.58. The molecule has 0 spiro atoms. The summed E-state index contributed by atoms with van der Waals surface area (Å²) in [5.74, 6) is 0.286. The van der Waals surface area contributed by atoms with Gasteiger partial charge in [0.1, 0.15) is 23.2 Å². The number of pyridine rings is 1. The lowest BCUT2D eigenvalue weighted by molar-refractivity contribution is 0.441. The third-order valence-corrected chi connectivity index (χ3v) is 3.76. The van der Waals surface area contributed by atoms with Crippen molar-refractivity contribution in [2.75, 3.05) is 5.32 Å². The predicted octanol–water partition coefficient (Wildman–Crippen LogP) is 4.57. The Bertz CT molecular complexity index is 1170. The highest BCUT2D eigenvalue weighted by atomic mass is 19.1. The molecule has 2 heterocycles. The lowest BCUT2D eigenvalue weighted by Crippen LogP contribution is -1.97. The number of ether oxygens (including phenoxy) is 1. The summed E-state index contributed by atoms with van der Waals surface area (Å²) < 4.78 is 20.0. The van der Waals surface area contributed by atoms with Crippen molar-refractivity contribution in [2.24, 2.45) is 0 Å². The Hall–Kier alpha value is -4.05. The van der Waals surface area contributed by atoms with Gasteiger partial charge in [0.15, 0.2) is 17.2 Å². The zero-order valence-electron chi connectivity index (χ0n) is 13.9. The van der Waals surface area contributed by atoms with Crippen molar-refractivity contribution in [2.45, 2.75) is 0 Å². The van der Waals surface area contributed by atoms with Gasteiger partial charge in [-0.1, -0.05) is 12.1 Å². The Labute approximate surface area is 153 Å². The zero-order valence-corrected chi connectivity index (χ0v) is 13.9. The number of fused-ring (bicyclic) bond motifs is 1.